The third-order valence-electron chi connectivity index (χ3n) is 4.90. The molecule has 0 fully saturated rings. The summed E-state index contributed by atoms with van der Waals surface area (Å²) in [6.45, 7) is 11.2. The minimum absolute atomic E-state index is 0.615. The number of thioether (sulfide) groups is 3. The van der Waals surface area contributed by atoms with Gasteiger partial charge in [-0.2, -0.15) is 35.3 Å². The van der Waals surface area contributed by atoms with Crippen molar-refractivity contribution in [3.05, 3.63) is 60.2 Å². The van der Waals surface area contributed by atoms with Gasteiger partial charge in [0.2, 0.25) is 0 Å². The summed E-state index contributed by atoms with van der Waals surface area (Å²) in [5.41, 5.74) is 2.84. The zero-order valence-electron chi connectivity index (χ0n) is 18.5. The predicted molar refractivity (Wildman–Crippen MR) is 133 cm³/mol. The number of hydrogen-bond donors (Lipinski definition) is 0. The van der Waals surface area contributed by atoms with Crippen molar-refractivity contribution in [1.29, 1.82) is 0 Å². The van der Waals surface area contributed by atoms with Crippen LogP contribution in [-0.4, -0.2) is 34.5 Å². The molecular weight excluding hydrogens is 412 g/mol. The molecule has 160 valence electrons. The smallest absolute Gasteiger partial charge is 0.169 e. The fourth-order valence-corrected chi connectivity index (χ4v) is 6.07. The van der Waals surface area contributed by atoms with E-state index in [9.17, 15) is 0 Å². The molecule has 2 heterocycles. The van der Waals surface area contributed by atoms with Crippen LogP contribution < -0.4 is 9.13 Å². The van der Waals surface area contributed by atoms with Gasteiger partial charge in [-0.25, -0.2) is 9.13 Å². The van der Waals surface area contributed by atoms with E-state index >= 15 is 0 Å². The Morgan fingerprint density at radius 2 is 0.862 bits per heavy atom. The molecule has 0 spiro atoms. The van der Waals surface area contributed by atoms with Gasteiger partial charge in [-0.05, 0) is 23.0 Å². The molecule has 0 aromatic carbocycles. The van der Waals surface area contributed by atoms with Gasteiger partial charge in [0, 0.05) is 47.3 Å². The largest absolute Gasteiger partial charge is 0.204 e. The van der Waals surface area contributed by atoms with E-state index < -0.39 is 0 Å². The molecule has 0 saturated carbocycles. The lowest BCUT2D eigenvalue weighted by Gasteiger charge is -2.04. The second-order valence-corrected chi connectivity index (χ2v) is 11.6. The molecule has 0 saturated heterocycles. The maximum absolute atomic E-state index is 2.30. The van der Waals surface area contributed by atoms with Gasteiger partial charge in [0.1, 0.15) is 0 Å². The monoisotopic (exact) mass is 450 g/mol. The summed E-state index contributed by atoms with van der Waals surface area (Å²) in [7, 11) is 0. The van der Waals surface area contributed by atoms with Gasteiger partial charge < -0.3 is 0 Å². The van der Waals surface area contributed by atoms with Crippen LogP contribution >= 0.6 is 35.3 Å². The van der Waals surface area contributed by atoms with Crippen LogP contribution in [0.5, 0.6) is 0 Å². The molecule has 2 aromatic rings. The van der Waals surface area contributed by atoms with Crippen molar-refractivity contribution in [3.8, 4) is 0 Å². The topological polar surface area (TPSA) is 7.76 Å². The maximum atomic E-state index is 2.30. The van der Waals surface area contributed by atoms with E-state index in [-0.39, 0.29) is 0 Å². The molecule has 2 aromatic heterocycles. The first kappa shape index (κ1) is 24.6. The fourth-order valence-electron chi connectivity index (χ4n) is 2.89. The van der Waals surface area contributed by atoms with Crippen molar-refractivity contribution in [2.45, 2.75) is 52.6 Å². The number of rotatable bonds is 14. The molecule has 0 bridgehead atoms. The Morgan fingerprint density at radius 3 is 1.17 bits per heavy atom. The van der Waals surface area contributed by atoms with Gasteiger partial charge in [-0.3, -0.25) is 0 Å². The van der Waals surface area contributed by atoms with Gasteiger partial charge in [0.05, 0.1) is 11.5 Å². The summed E-state index contributed by atoms with van der Waals surface area (Å²) in [4.78, 5) is 0. The molecular formula is C24H38N2S3+2. The second kappa shape index (κ2) is 14.4. The number of aromatic nitrogens is 2. The predicted octanol–water partition coefficient (Wildman–Crippen LogP) is 5.41. The Morgan fingerprint density at radius 1 is 0.552 bits per heavy atom. The van der Waals surface area contributed by atoms with Crippen LogP contribution in [0.1, 0.15) is 50.7 Å². The number of aryl methyl sites for hydroxylation is 2. The molecule has 2 rings (SSSR count). The van der Waals surface area contributed by atoms with E-state index in [0.29, 0.717) is 11.8 Å². The van der Waals surface area contributed by atoms with Crippen LogP contribution in [0.15, 0.2) is 49.1 Å². The zero-order chi connectivity index (χ0) is 20.9. The lowest BCUT2D eigenvalue weighted by molar-refractivity contribution is -0.692. The minimum atomic E-state index is 0.615. The highest BCUT2D eigenvalue weighted by molar-refractivity contribution is 8.04. The fraction of sp³-hybridized carbons (Fsp3) is 0.583. The highest BCUT2D eigenvalue weighted by Crippen LogP contribution is 2.13. The molecule has 0 N–H and O–H groups in total. The summed E-state index contributed by atoms with van der Waals surface area (Å²) < 4.78 is 4.61. The Labute approximate surface area is 191 Å². The third kappa shape index (κ3) is 10.3. The van der Waals surface area contributed by atoms with Gasteiger partial charge in [-0.1, -0.05) is 27.7 Å². The van der Waals surface area contributed by atoms with Crippen molar-refractivity contribution < 1.29 is 9.13 Å². The second-order valence-electron chi connectivity index (χ2n) is 7.89. The average molecular weight is 451 g/mol. The molecule has 0 amide bonds. The molecule has 0 aliphatic rings. The van der Waals surface area contributed by atoms with E-state index in [1.54, 1.807) is 0 Å². The average Bonchev–Trinajstić information content (AvgIpc) is 2.72. The molecule has 0 radical (unpaired) electrons. The van der Waals surface area contributed by atoms with Crippen LogP contribution in [-0.2, 0) is 13.1 Å². The Kier molecular flexibility index (Phi) is 12.2. The lowest BCUT2D eigenvalue weighted by Crippen LogP contribution is -2.34. The molecule has 5 heteroatoms. The zero-order valence-corrected chi connectivity index (χ0v) is 21.0. The summed E-state index contributed by atoms with van der Waals surface area (Å²) >= 11 is 6.25. The highest BCUT2D eigenvalue weighted by Gasteiger charge is 2.05. The summed E-state index contributed by atoms with van der Waals surface area (Å²) in [6, 6.07) is 9.01. The number of hydrogen-bond acceptors (Lipinski definition) is 3. The number of nitrogens with zero attached hydrogens (tertiary/aromatic N) is 2. The molecule has 0 aliphatic heterocycles. The van der Waals surface area contributed by atoms with E-state index in [0.717, 1.165) is 13.1 Å². The van der Waals surface area contributed by atoms with Crippen molar-refractivity contribution >= 4 is 35.3 Å². The van der Waals surface area contributed by atoms with Gasteiger partial charge in [0.25, 0.3) is 0 Å². The van der Waals surface area contributed by atoms with Crippen molar-refractivity contribution in [1.82, 2.24) is 0 Å². The molecule has 29 heavy (non-hydrogen) atoms. The van der Waals surface area contributed by atoms with Gasteiger partial charge >= 0.3 is 0 Å². The molecule has 0 atom stereocenters. The van der Waals surface area contributed by atoms with E-state index in [2.05, 4.69) is 121 Å². The highest BCUT2D eigenvalue weighted by atomic mass is 32.2. The summed E-state index contributed by atoms with van der Waals surface area (Å²) in [6.07, 6.45) is 8.88. The van der Waals surface area contributed by atoms with Gasteiger partial charge in [0.15, 0.2) is 37.9 Å². The van der Waals surface area contributed by atoms with Gasteiger partial charge in [-0.15, -0.1) is 0 Å². The van der Waals surface area contributed by atoms with Crippen LogP contribution in [0.2, 0.25) is 0 Å². The normalized spacial score (nSPS) is 11.5. The minimum Gasteiger partial charge on any atom is -0.204 e. The summed E-state index contributed by atoms with van der Waals surface area (Å²) in [5.74, 6) is 8.70. The number of pyridine rings is 2. The first-order chi connectivity index (χ1) is 14.1. The quantitative estimate of drug-likeness (QED) is 0.281. The SMILES string of the molecule is CC(C)c1cc[n+](CCSCCSCCSCC[n+]2ccc(C(C)C)cc2)cc1. The van der Waals surface area contributed by atoms with Crippen LogP contribution in [0, 0.1) is 0 Å². The molecule has 0 aliphatic carbocycles. The van der Waals surface area contributed by atoms with E-state index in [4.69, 9.17) is 0 Å². The Hall–Kier alpha value is -0.650. The van der Waals surface area contributed by atoms with Crippen molar-refractivity contribution in [3.63, 3.8) is 0 Å². The van der Waals surface area contributed by atoms with Crippen LogP contribution in [0.3, 0.4) is 0 Å². The standard InChI is InChI=1S/C24H38N2S3/c1-21(2)23-5-9-25(10-6-23)13-15-27-17-19-29-20-18-28-16-14-26-11-7-24(8-12-26)22(3)4/h5-12,21-22H,13-20H2,1-4H3/q+2. The van der Waals surface area contributed by atoms with E-state index in [1.807, 2.05) is 0 Å². The lowest BCUT2D eigenvalue weighted by atomic mass is 10.1. The molecule has 2 nitrogen and oxygen atoms in total. The Bertz CT molecular complexity index is 610. The summed E-state index contributed by atoms with van der Waals surface area (Å²) in [5, 5.41) is 0. The third-order valence-corrected chi connectivity index (χ3v) is 8.33. The van der Waals surface area contributed by atoms with E-state index in [1.165, 1.54) is 45.6 Å². The van der Waals surface area contributed by atoms with Crippen LogP contribution in [0.4, 0.5) is 0 Å². The Balaban J connectivity index is 1.41. The van der Waals surface area contributed by atoms with Crippen LogP contribution in [0.25, 0.3) is 0 Å². The first-order valence-corrected chi connectivity index (χ1v) is 14.2. The van der Waals surface area contributed by atoms with Crippen molar-refractivity contribution in [2.24, 2.45) is 0 Å². The maximum Gasteiger partial charge on any atom is 0.169 e. The molecule has 0 unspecified atom stereocenters. The van der Waals surface area contributed by atoms with Crippen molar-refractivity contribution in [2.75, 3.05) is 34.5 Å². The first-order valence-electron chi connectivity index (χ1n) is 10.8.